The van der Waals surface area contributed by atoms with E-state index in [9.17, 15) is 4.79 Å². The van der Waals surface area contributed by atoms with Gasteiger partial charge in [0.05, 0.1) is 0 Å². The molecule has 3 nitrogen and oxygen atoms in total. The van der Waals surface area contributed by atoms with E-state index in [1.165, 1.54) is 19.3 Å². The van der Waals surface area contributed by atoms with Gasteiger partial charge in [0.15, 0.2) is 0 Å². The molecule has 3 N–H and O–H groups in total. The molecule has 1 aromatic rings. The van der Waals surface area contributed by atoms with Crippen LogP contribution in [0.3, 0.4) is 0 Å². The number of amides is 1. The van der Waals surface area contributed by atoms with Gasteiger partial charge in [0.25, 0.3) is 5.91 Å². The van der Waals surface area contributed by atoms with Crippen LogP contribution in [0.5, 0.6) is 0 Å². The highest BCUT2D eigenvalue weighted by Crippen LogP contribution is 2.28. The molecule has 1 aromatic carbocycles. The van der Waals surface area contributed by atoms with Gasteiger partial charge in [-0.15, -0.1) is 0 Å². The molecule has 0 aliphatic heterocycles. The van der Waals surface area contributed by atoms with Gasteiger partial charge in [-0.1, -0.05) is 42.1 Å². The quantitative estimate of drug-likeness (QED) is 0.817. The Labute approximate surface area is 129 Å². The first-order chi connectivity index (χ1) is 9.52. The van der Waals surface area contributed by atoms with Gasteiger partial charge in [-0.2, -0.15) is 0 Å². The van der Waals surface area contributed by atoms with E-state index in [4.69, 9.17) is 5.73 Å². The van der Waals surface area contributed by atoms with Crippen molar-refractivity contribution < 1.29 is 4.79 Å². The van der Waals surface area contributed by atoms with Crippen molar-refractivity contribution in [3.63, 3.8) is 0 Å². The van der Waals surface area contributed by atoms with E-state index < -0.39 is 0 Å². The van der Waals surface area contributed by atoms with E-state index in [2.05, 4.69) is 28.2 Å². The second kappa shape index (κ2) is 6.61. The van der Waals surface area contributed by atoms with Crippen molar-refractivity contribution >= 4 is 27.5 Å². The normalized spacial score (nSPS) is 22.6. The Morgan fingerprint density at radius 3 is 2.80 bits per heavy atom. The number of nitrogens with one attached hydrogen (secondary N) is 1. The third-order valence-corrected chi connectivity index (χ3v) is 4.87. The van der Waals surface area contributed by atoms with E-state index in [1.54, 1.807) is 0 Å². The summed E-state index contributed by atoms with van der Waals surface area (Å²) in [7, 11) is 0. The number of carbonyl (C=O) groups is 1. The van der Waals surface area contributed by atoms with Crippen molar-refractivity contribution in [2.45, 2.75) is 52.0 Å². The molecule has 2 unspecified atom stereocenters. The molecule has 0 heterocycles. The average Bonchev–Trinajstić information content (AvgIpc) is 2.43. The van der Waals surface area contributed by atoms with Crippen LogP contribution in [0, 0.1) is 12.8 Å². The lowest BCUT2D eigenvalue weighted by atomic mass is 9.82. The Hall–Kier alpha value is -1.03. The van der Waals surface area contributed by atoms with Crippen LogP contribution in [-0.2, 0) is 0 Å². The molecule has 1 amide bonds. The van der Waals surface area contributed by atoms with Gasteiger partial charge in [-0.3, -0.25) is 4.79 Å². The first-order valence-electron chi connectivity index (χ1n) is 7.39. The van der Waals surface area contributed by atoms with E-state index >= 15 is 0 Å². The summed E-state index contributed by atoms with van der Waals surface area (Å²) in [6.07, 6.45) is 5.94. The van der Waals surface area contributed by atoms with Gasteiger partial charge in [0, 0.05) is 21.8 Å². The Morgan fingerprint density at radius 2 is 2.10 bits per heavy atom. The van der Waals surface area contributed by atoms with Crippen molar-refractivity contribution in [1.29, 1.82) is 0 Å². The largest absolute Gasteiger partial charge is 0.398 e. The molecule has 0 aromatic heterocycles. The van der Waals surface area contributed by atoms with Crippen molar-refractivity contribution in [2.75, 3.05) is 5.73 Å². The molecule has 0 saturated heterocycles. The van der Waals surface area contributed by atoms with Gasteiger partial charge in [-0.25, -0.2) is 0 Å². The molecule has 1 saturated carbocycles. The molecule has 2 atom stereocenters. The van der Waals surface area contributed by atoms with Crippen molar-refractivity contribution in [3.8, 4) is 0 Å². The SMILES string of the molecule is CCC1CCCCC1NC(=O)c1cc(Br)cc(N)c1C. The Morgan fingerprint density at radius 1 is 1.40 bits per heavy atom. The molecule has 0 bridgehead atoms. The molecule has 110 valence electrons. The van der Waals surface area contributed by atoms with Crippen LogP contribution >= 0.6 is 15.9 Å². The Balaban J connectivity index is 2.15. The van der Waals surface area contributed by atoms with Gasteiger partial charge in [-0.05, 0) is 43.4 Å². The van der Waals surface area contributed by atoms with E-state index in [1.807, 2.05) is 19.1 Å². The zero-order chi connectivity index (χ0) is 14.7. The average molecular weight is 339 g/mol. The second-order valence-corrected chi connectivity index (χ2v) is 6.62. The molecule has 1 aliphatic rings. The summed E-state index contributed by atoms with van der Waals surface area (Å²) in [5.41, 5.74) is 8.12. The molecule has 0 spiro atoms. The highest BCUT2D eigenvalue weighted by Gasteiger charge is 2.26. The third kappa shape index (κ3) is 3.35. The molecule has 20 heavy (non-hydrogen) atoms. The molecular weight excluding hydrogens is 316 g/mol. The Kier molecular flexibility index (Phi) is 5.08. The number of hydrogen-bond acceptors (Lipinski definition) is 2. The zero-order valence-electron chi connectivity index (χ0n) is 12.2. The van der Waals surface area contributed by atoms with E-state index in [0.717, 1.165) is 22.9 Å². The number of nitrogen functional groups attached to an aromatic ring is 1. The Bertz CT molecular complexity index is 501. The molecule has 0 radical (unpaired) electrons. The lowest BCUT2D eigenvalue weighted by Crippen LogP contribution is -2.42. The maximum atomic E-state index is 12.5. The smallest absolute Gasteiger partial charge is 0.251 e. The summed E-state index contributed by atoms with van der Waals surface area (Å²) in [6, 6.07) is 3.99. The fourth-order valence-corrected chi connectivity index (χ4v) is 3.54. The number of nitrogens with two attached hydrogens (primary N) is 1. The first-order valence-corrected chi connectivity index (χ1v) is 8.18. The van der Waals surface area contributed by atoms with Gasteiger partial charge in [0.2, 0.25) is 0 Å². The molecule has 2 rings (SSSR count). The van der Waals surface area contributed by atoms with Crippen molar-refractivity contribution in [1.82, 2.24) is 5.32 Å². The predicted molar refractivity (Wildman–Crippen MR) is 86.8 cm³/mol. The second-order valence-electron chi connectivity index (χ2n) is 5.70. The van der Waals surface area contributed by atoms with Crippen molar-refractivity contribution in [2.24, 2.45) is 5.92 Å². The molecule has 1 fully saturated rings. The number of rotatable bonds is 3. The standard InChI is InChI=1S/C16H23BrN2O/c1-3-11-6-4-5-7-15(11)19-16(20)13-8-12(17)9-14(18)10(13)2/h8-9,11,15H,3-7,18H2,1-2H3,(H,19,20). The minimum Gasteiger partial charge on any atom is -0.398 e. The van der Waals surface area contributed by atoms with Crippen LogP contribution in [-0.4, -0.2) is 11.9 Å². The number of halogens is 1. The van der Waals surface area contributed by atoms with Crippen molar-refractivity contribution in [3.05, 3.63) is 27.7 Å². The van der Waals surface area contributed by atoms with Crippen LogP contribution in [0.2, 0.25) is 0 Å². The summed E-state index contributed by atoms with van der Waals surface area (Å²) in [5.74, 6) is 0.610. The van der Waals surface area contributed by atoms with Crippen LogP contribution in [0.25, 0.3) is 0 Å². The monoisotopic (exact) mass is 338 g/mol. The summed E-state index contributed by atoms with van der Waals surface area (Å²) in [6.45, 7) is 4.10. The fraction of sp³-hybridized carbons (Fsp3) is 0.562. The lowest BCUT2D eigenvalue weighted by Gasteiger charge is -2.31. The predicted octanol–water partition coefficient (Wildman–Crippen LogP) is 4.04. The highest BCUT2D eigenvalue weighted by atomic mass is 79.9. The van der Waals surface area contributed by atoms with Gasteiger partial charge in [0.1, 0.15) is 0 Å². The summed E-state index contributed by atoms with van der Waals surface area (Å²) < 4.78 is 0.849. The highest BCUT2D eigenvalue weighted by molar-refractivity contribution is 9.10. The minimum atomic E-state index is 0.000787. The summed E-state index contributed by atoms with van der Waals surface area (Å²) >= 11 is 3.41. The molecule has 4 heteroatoms. The lowest BCUT2D eigenvalue weighted by molar-refractivity contribution is 0.0904. The number of hydrogen-bond donors (Lipinski definition) is 2. The van der Waals surface area contributed by atoms with Crippen LogP contribution in [0.1, 0.15) is 54.9 Å². The fourth-order valence-electron chi connectivity index (χ4n) is 3.07. The maximum Gasteiger partial charge on any atom is 0.251 e. The molecular formula is C16H23BrN2O. The summed E-state index contributed by atoms with van der Waals surface area (Å²) in [4.78, 5) is 12.5. The molecule has 1 aliphatic carbocycles. The van der Waals surface area contributed by atoms with E-state index in [-0.39, 0.29) is 5.91 Å². The summed E-state index contributed by atoms with van der Waals surface area (Å²) in [5, 5.41) is 3.22. The van der Waals surface area contributed by atoms with Gasteiger partial charge < -0.3 is 11.1 Å². The van der Waals surface area contributed by atoms with E-state index in [0.29, 0.717) is 23.2 Å². The minimum absolute atomic E-state index is 0.000787. The number of carbonyl (C=O) groups excluding carboxylic acids is 1. The third-order valence-electron chi connectivity index (χ3n) is 4.41. The van der Waals surface area contributed by atoms with Crippen LogP contribution < -0.4 is 11.1 Å². The maximum absolute atomic E-state index is 12.5. The zero-order valence-corrected chi connectivity index (χ0v) is 13.8. The first kappa shape index (κ1) is 15.4. The number of benzene rings is 1. The van der Waals surface area contributed by atoms with Crippen LogP contribution in [0.4, 0.5) is 5.69 Å². The van der Waals surface area contributed by atoms with Gasteiger partial charge >= 0.3 is 0 Å². The topological polar surface area (TPSA) is 55.1 Å². The van der Waals surface area contributed by atoms with Crippen LogP contribution in [0.15, 0.2) is 16.6 Å². The number of anilines is 1.